The molecule has 0 aromatic carbocycles. The van der Waals surface area contributed by atoms with E-state index in [1.54, 1.807) is 38.0 Å². The number of aryl methyl sites for hydroxylation is 1. The number of carbonyl (C=O) groups excluding carboxylic acids is 1. The van der Waals surface area contributed by atoms with Gasteiger partial charge >= 0.3 is 0 Å². The molecule has 0 fully saturated rings. The molecule has 3 heterocycles. The molecule has 0 amide bonds. The fourth-order valence-electron chi connectivity index (χ4n) is 3.17. The van der Waals surface area contributed by atoms with Gasteiger partial charge in [0, 0.05) is 38.5 Å². The molecule has 0 saturated heterocycles. The standard InChI is InChI=1S/C20H22ClN5O2/c1-4-15-11-22-12-16(19(15)13(2)28-3)9-17(27)7-14-8-18(21)20(23-10-14)26-24-5-6-25-26/h5-6,8,10-13H,4,7,9H2,1-3H3. The van der Waals surface area contributed by atoms with Crippen LogP contribution in [-0.2, 0) is 28.8 Å². The number of rotatable bonds is 8. The quantitative estimate of drug-likeness (QED) is 0.577. The number of carbonyl (C=O) groups is 1. The van der Waals surface area contributed by atoms with Gasteiger partial charge in [-0.15, -0.1) is 4.80 Å². The maximum atomic E-state index is 12.7. The minimum Gasteiger partial charge on any atom is -0.377 e. The number of halogens is 1. The zero-order valence-corrected chi connectivity index (χ0v) is 16.8. The van der Waals surface area contributed by atoms with Gasteiger partial charge in [0.2, 0.25) is 0 Å². The van der Waals surface area contributed by atoms with Gasteiger partial charge in [0.05, 0.1) is 23.5 Å². The summed E-state index contributed by atoms with van der Waals surface area (Å²) in [7, 11) is 1.67. The van der Waals surface area contributed by atoms with E-state index < -0.39 is 0 Å². The van der Waals surface area contributed by atoms with Gasteiger partial charge in [0.15, 0.2) is 5.82 Å². The third-order valence-electron chi connectivity index (χ3n) is 4.57. The molecular weight excluding hydrogens is 378 g/mol. The van der Waals surface area contributed by atoms with Crippen LogP contribution in [0.25, 0.3) is 5.82 Å². The normalized spacial score (nSPS) is 12.1. The summed E-state index contributed by atoms with van der Waals surface area (Å²) < 4.78 is 5.50. The molecule has 0 saturated carbocycles. The van der Waals surface area contributed by atoms with Crippen LogP contribution in [0.5, 0.6) is 0 Å². The van der Waals surface area contributed by atoms with Crippen molar-refractivity contribution < 1.29 is 9.53 Å². The van der Waals surface area contributed by atoms with Crippen LogP contribution in [0.15, 0.2) is 37.1 Å². The lowest BCUT2D eigenvalue weighted by Gasteiger charge is -2.18. The Morgan fingerprint density at radius 3 is 2.54 bits per heavy atom. The number of Topliss-reactive ketones (excluding diaryl/α,β-unsaturated/α-hetero) is 1. The van der Waals surface area contributed by atoms with E-state index in [0.717, 1.165) is 28.7 Å². The van der Waals surface area contributed by atoms with Crippen LogP contribution in [-0.4, -0.2) is 37.9 Å². The molecule has 7 nitrogen and oxygen atoms in total. The van der Waals surface area contributed by atoms with Crippen molar-refractivity contribution in [3.05, 3.63) is 64.3 Å². The van der Waals surface area contributed by atoms with Crippen LogP contribution in [0.2, 0.25) is 5.02 Å². The van der Waals surface area contributed by atoms with Crippen molar-refractivity contribution in [2.75, 3.05) is 7.11 Å². The first-order valence-corrected chi connectivity index (χ1v) is 9.42. The van der Waals surface area contributed by atoms with Gasteiger partial charge in [-0.2, -0.15) is 10.2 Å². The summed E-state index contributed by atoms with van der Waals surface area (Å²) in [5, 5.41) is 8.43. The van der Waals surface area contributed by atoms with Crippen molar-refractivity contribution in [1.29, 1.82) is 0 Å². The zero-order chi connectivity index (χ0) is 20.1. The lowest BCUT2D eigenvalue weighted by Crippen LogP contribution is -2.13. The van der Waals surface area contributed by atoms with Crippen molar-refractivity contribution in [3.63, 3.8) is 0 Å². The van der Waals surface area contributed by atoms with E-state index in [0.29, 0.717) is 10.8 Å². The molecule has 3 aromatic rings. The van der Waals surface area contributed by atoms with Crippen LogP contribution in [0.1, 0.15) is 42.2 Å². The van der Waals surface area contributed by atoms with E-state index in [9.17, 15) is 4.79 Å². The summed E-state index contributed by atoms with van der Waals surface area (Å²) in [5.74, 6) is 0.487. The van der Waals surface area contributed by atoms with Gasteiger partial charge in [-0.1, -0.05) is 18.5 Å². The summed E-state index contributed by atoms with van der Waals surface area (Å²) in [6.45, 7) is 4.05. The molecule has 146 valence electrons. The predicted octanol–water partition coefficient (Wildman–Crippen LogP) is 3.33. The highest BCUT2D eigenvalue weighted by molar-refractivity contribution is 6.32. The van der Waals surface area contributed by atoms with Crippen molar-refractivity contribution in [2.24, 2.45) is 0 Å². The molecule has 0 bridgehead atoms. The smallest absolute Gasteiger partial charge is 0.193 e. The third kappa shape index (κ3) is 4.43. The Bertz CT molecular complexity index is 959. The molecule has 0 aliphatic heterocycles. The molecule has 1 unspecified atom stereocenters. The second-order valence-corrected chi connectivity index (χ2v) is 6.87. The average molecular weight is 400 g/mol. The summed E-state index contributed by atoms with van der Waals surface area (Å²) >= 11 is 6.29. The van der Waals surface area contributed by atoms with Crippen molar-refractivity contribution in [2.45, 2.75) is 39.2 Å². The van der Waals surface area contributed by atoms with Gasteiger partial charge in [0.1, 0.15) is 5.78 Å². The lowest BCUT2D eigenvalue weighted by molar-refractivity contribution is -0.117. The SMILES string of the molecule is CCc1cncc(CC(=O)Cc2cnc(-n3nccn3)c(Cl)c2)c1C(C)OC. The van der Waals surface area contributed by atoms with Gasteiger partial charge in [0.25, 0.3) is 0 Å². The number of aromatic nitrogens is 5. The Labute approximate surface area is 168 Å². The van der Waals surface area contributed by atoms with Crippen LogP contribution < -0.4 is 0 Å². The topological polar surface area (TPSA) is 82.8 Å². The second-order valence-electron chi connectivity index (χ2n) is 6.46. The summed E-state index contributed by atoms with van der Waals surface area (Å²) in [6.07, 6.45) is 9.56. The van der Waals surface area contributed by atoms with Crippen molar-refractivity contribution in [3.8, 4) is 5.82 Å². The largest absolute Gasteiger partial charge is 0.377 e. The number of hydrogen-bond donors (Lipinski definition) is 0. The second kappa shape index (κ2) is 9.03. The Kier molecular flexibility index (Phi) is 6.49. The number of hydrogen-bond acceptors (Lipinski definition) is 6. The van der Waals surface area contributed by atoms with E-state index in [1.165, 1.54) is 4.80 Å². The molecule has 0 aliphatic carbocycles. The maximum Gasteiger partial charge on any atom is 0.193 e. The number of ketones is 1. The fourth-order valence-corrected chi connectivity index (χ4v) is 3.43. The first-order chi connectivity index (χ1) is 13.5. The van der Waals surface area contributed by atoms with Gasteiger partial charge in [-0.25, -0.2) is 4.98 Å². The highest BCUT2D eigenvalue weighted by Crippen LogP contribution is 2.25. The maximum absolute atomic E-state index is 12.7. The molecule has 3 rings (SSSR count). The van der Waals surface area contributed by atoms with Gasteiger partial charge < -0.3 is 4.74 Å². The van der Waals surface area contributed by atoms with E-state index in [2.05, 4.69) is 27.1 Å². The Balaban J connectivity index is 1.77. The van der Waals surface area contributed by atoms with Crippen molar-refractivity contribution >= 4 is 17.4 Å². The highest BCUT2D eigenvalue weighted by atomic mass is 35.5. The number of nitrogens with zero attached hydrogens (tertiary/aromatic N) is 5. The number of methoxy groups -OCH3 is 1. The van der Waals surface area contributed by atoms with Gasteiger partial charge in [-0.05, 0) is 41.7 Å². The molecule has 0 radical (unpaired) electrons. The van der Waals surface area contributed by atoms with E-state index in [1.807, 2.05) is 13.1 Å². The van der Waals surface area contributed by atoms with Crippen LogP contribution >= 0.6 is 11.6 Å². The van der Waals surface area contributed by atoms with Crippen LogP contribution in [0.4, 0.5) is 0 Å². The Morgan fingerprint density at radius 2 is 1.89 bits per heavy atom. The number of ether oxygens (including phenoxy) is 1. The molecule has 0 aliphatic rings. The molecule has 8 heteroatoms. The third-order valence-corrected chi connectivity index (χ3v) is 4.85. The van der Waals surface area contributed by atoms with Gasteiger partial charge in [-0.3, -0.25) is 9.78 Å². The average Bonchev–Trinajstić information content (AvgIpc) is 3.21. The Morgan fingerprint density at radius 1 is 1.18 bits per heavy atom. The molecule has 28 heavy (non-hydrogen) atoms. The summed E-state index contributed by atoms with van der Waals surface area (Å²) in [5.41, 5.74) is 3.78. The molecule has 3 aromatic heterocycles. The summed E-state index contributed by atoms with van der Waals surface area (Å²) in [4.78, 5) is 22.6. The molecule has 0 spiro atoms. The first kappa shape index (κ1) is 20.1. The first-order valence-electron chi connectivity index (χ1n) is 9.04. The minimum atomic E-state index is -0.0993. The van der Waals surface area contributed by atoms with E-state index >= 15 is 0 Å². The molecule has 0 N–H and O–H groups in total. The zero-order valence-electron chi connectivity index (χ0n) is 16.1. The monoisotopic (exact) mass is 399 g/mol. The Hall–Kier alpha value is -2.64. The number of pyridine rings is 2. The van der Waals surface area contributed by atoms with Crippen LogP contribution in [0.3, 0.4) is 0 Å². The highest BCUT2D eigenvalue weighted by Gasteiger charge is 2.18. The van der Waals surface area contributed by atoms with E-state index in [4.69, 9.17) is 16.3 Å². The lowest BCUT2D eigenvalue weighted by atomic mass is 9.94. The predicted molar refractivity (Wildman–Crippen MR) is 106 cm³/mol. The van der Waals surface area contributed by atoms with E-state index in [-0.39, 0.29) is 24.7 Å². The van der Waals surface area contributed by atoms with Crippen molar-refractivity contribution in [1.82, 2.24) is 25.0 Å². The van der Waals surface area contributed by atoms with Crippen LogP contribution in [0, 0.1) is 0 Å². The minimum absolute atomic E-state index is 0.0578. The summed E-state index contributed by atoms with van der Waals surface area (Å²) in [6, 6.07) is 1.73. The fraction of sp³-hybridized carbons (Fsp3) is 0.350. The molecular formula is C20H22ClN5O2. The molecule has 1 atom stereocenters.